The molecular weight excluding hydrogens is 300 g/mol. The predicted molar refractivity (Wildman–Crippen MR) is 71.1 cm³/mol. The Labute approximate surface area is 116 Å². The van der Waals surface area contributed by atoms with Gasteiger partial charge in [0.15, 0.2) is 0 Å². The molecule has 0 radical (unpaired) electrons. The van der Waals surface area contributed by atoms with Gasteiger partial charge in [0.25, 0.3) is 0 Å². The van der Waals surface area contributed by atoms with Crippen LogP contribution >= 0.6 is 23.2 Å². The van der Waals surface area contributed by atoms with E-state index >= 15 is 0 Å². The van der Waals surface area contributed by atoms with Gasteiger partial charge in [-0.3, -0.25) is 0 Å². The minimum atomic E-state index is -3.87. The van der Waals surface area contributed by atoms with Crippen LogP contribution in [0.2, 0.25) is 5.02 Å². The van der Waals surface area contributed by atoms with Crippen molar-refractivity contribution in [1.82, 2.24) is 4.72 Å². The van der Waals surface area contributed by atoms with Gasteiger partial charge in [-0.1, -0.05) is 11.6 Å². The molecule has 1 N–H and O–H groups in total. The van der Waals surface area contributed by atoms with Gasteiger partial charge in [0.05, 0.1) is 5.02 Å². The summed E-state index contributed by atoms with van der Waals surface area (Å²) < 4.78 is 39.7. The molecular formula is C11H14Cl2FNO2S. The molecule has 0 aliphatic heterocycles. The van der Waals surface area contributed by atoms with Gasteiger partial charge >= 0.3 is 0 Å². The molecule has 7 heteroatoms. The van der Waals surface area contributed by atoms with E-state index in [1.807, 2.05) is 0 Å². The second-order valence-corrected chi connectivity index (χ2v) is 6.94. The van der Waals surface area contributed by atoms with Gasteiger partial charge < -0.3 is 0 Å². The fourth-order valence-corrected chi connectivity index (χ4v) is 3.82. The standard InChI is InChI=1S/C11H14Cl2FNO2S/c1-11(2,5-6-12)15-18(16,17)10-7-8(14)3-4-9(10)13/h3-4,7,15H,5-6H2,1-2H3. The zero-order valence-electron chi connectivity index (χ0n) is 10.0. The maximum absolute atomic E-state index is 13.1. The lowest BCUT2D eigenvalue weighted by Crippen LogP contribution is -2.43. The van der Waals surface area contributed by atoms with Gasteiger partial charge in [-0.25, -0.2) is 17.5 Å². The third-order valence-corrected chi connectivity index (χ3v) is 4.68. The van der Waals surface area contributed by atoms with Crippen molar-refractivity contribution in [2.24, 2.45) is 0 Å². The number of nitrogens with one attached hydrogen (secondary N) is 1. The summed E-state index contributed by atoms with van der Waals surface area (Å²) >= 11 is 11.4. The van der Waals surface area contributed by atoms with Crippen molar-refractivity contribution in [1.29, 1.82) is 0 Å². The van der Waals surface area contributed by atoms with Crippen LogP contribution in [0.15, 0.2) is 23.1 Å². The summed E-state index contributed by atoms with van der Waals surface area (Å²) in [5.41, 5.74) is -0.726. The first kappa shape index (κ1) is 15.7. The first-order valence-electron chi connectivity index (χ1n) is 5.23. The van der Waals surface area contributed by atoms with E-state index < -0.39 is 21.4 Å². The first-order valence-corrected chi connectivity index (χ1v) is 7.62. The molecule has 0 spiro atoms. The lowest BCUT2D eigenvalue weighted by molar-refractivity contribution is 0.441. The van der Waals surface area contributed by atoms with Crippen LogP contribution in [0, 0.1) is 5.82 Å². The lowest BCUT2D eigenvalue weighted by atomic mass is 10.0. The zero-order chi connectivity index (χ0) is 14.0. The highest BCUT2D eigenvalue weighted by Crippen LogP contribution is 2.24. The molecule has 0 aromatic heterocycles. The lowest BCUT2D eigenvalue weighted by Gasteiger charge is -2.25. The minimum absolute atomic E-state index is 0.0226. The Bertz CT molecular complexity index is 532. The van der Waals surface area contributed by atoms with Crippen molar-refractivity contribution in [3.8, 4) is 0 Å². The number of alkyl halides is 1. The minimum Gasteiger partial charge on any atom is -0.207 e. The number of hydrogen-bond acceptors (Lipinski definition) is 2. The van der Waals surface area contributed by atoms with Crippen molar-refractivity contribution in [2.75, 3.05) is 5.88 Å². The van der Waals surface area contributed by atoms with Crippen molar-refractivity contribution >= 4 is 33.2 Å². The Kier molecular flexibility index (Phi) is 5.00. The third-order valence-electron chi connectivity index (χ3n) is 2.31. The largest absolute Gasteiger partial charge is 0.242 e. The van der Waals surface area contributed by atoms with Gasteiger partial charge in [0, 0.05) is 11.4 Å². The van der Waals surface area contributed by atoms with Crippen LogP contribution in [-0.2, 0) is 10.0 Å². The summed E-state index contributed by atoms with van der Waals surface area (Å²) in [7, 11) is -3.87. The van der Waals surface area contributed by atoms with E-state index in [1.54, 1.807) is 13.8 Å². The summed E-state index contributed by atoms with van der Waals surface area (Å²) in [5, 5.41) is -0.0226. The predicted octanol–water partition coefficient (Wildman–Crippen LogP) is 3.16. The van der Waals surface area contributed by atoms with Crippen LogP contribution in [0.3, 0.4) is 0 Å². The maximum Gasteiger partial charge on any atom is 0.242 e. The molecule has 1 aromatic rings. The summed E-state index contributed by atoms with van der Waals surface area (Å²) in [6, 6.07) is 3.20. The molecule has 0 unspecified atom stereocenters. The highest BCUT2D eigenvalue weighted by Gasteiger charge is 2.27. The summed E-state index contributed by atoms with van der Waals surface area (Å²) in [6.07, 6.45) is 0.445. The SMILES string of the molecule is CC(C)(CCCl)NS(=O)(=O)c1cc(F)ccc1Cl. The van der Waals surface area contributed by atoms with Crippen LogP contribution in [0.4, 0.5) is 4.39 Å². The van der Waals surface area contributed by atoms with Crippen LogP contribution in [-0.4, -0.2) is 19.8 Å². The summed E-state index contributed by atoms with van der Waals surface area (Å²) in [4.78, 5) is -0.271. The van der Waals surface area contributed by atoms with Crippen LogP contribution in [0.5, 0.6) is 0 Å². The molecule has 0 amide bonds. The maximum atomic E-state index is 13.1. The van der Waals surface area contributed by atoms with E-state index in [0.29, 0.717) is 12.3 Å². The Hall–Kier alpha value is -0.360. The Balaban J connectivity index is 3.11. The zero-order valence-corrected chi connectivity index (χ0v) is 12.3. The van der Waals surface area contributed by atoms with Crippen LogP contribution in [0.1, 0.15) is 20.3 Å². The fraction of sp³-hybridized carbons (Fsp3) is 0.455. The van der Waals surface area contributed by atoms with Crippen LogP contribution < -0.4 is 4.72 Å². The molecule has 0 fully saturated rings. The number of rotatable bonds is 5. The number of sulfonamides is 1. The fourth-order valence-electron chi connectivity index (χ4n) is 1.39. The average Bonchev–Trinajstić information content (AvgIpc) is 2.19. The molecule has 0 bridgehead atoms. The topological polar surface area (TPSA) is 46.2 Å². The second kappa shape index (κ2) is 5.74. The highest BCUT2D eigenvalue weighted by molar-refractivity contribution is 7.89. The quantitative estimate of drug-likeness (QED) is 0.849. The van der Waals surface area contributed by atoms with Crippen molar-refractivity contribution in [3.63, 3.8) is 0 Å². The van der Waals surface area contributed by atoms with E-state index in [4.69, 9.17) is 23.2 Å². The normalized spacial score (nSPS) is 12.7. The molecule has 18 heavy (non-hydrogen) atoms. The van der Waals surface area contributed by atoms with E-state index in [-0.39, 0.29) is 9.92 Å². The molecule has 3 nitrogen and oxygen atoms in total. The van der Waals surface area contributed by atoms with E-state index in [9.17, 15) is 12.8 Å². The second-order valence-electron chi connectivity index (χ2n) is 4.50. The molecule has 0 saturated heterocycles. The molecule has 0 saturated carbocycles. The van der Waals surface area contributed by atoms with Crippen molar-refractivity contribution < 1.29 is 12.8 Å². The molecule has 102 valence electrons. The van der Waals surface area contributed by atoms with Gasteiger partial charge in [-0.2, -0.15) is 0 Å². The Morgan fingerprint density at radius 3 is 2.56 bits per heavy atom. The Morgan fingerprint density at radius 2 is 2.00 bits per heavy atom. The van der Waals surface area contributed by atoms with Gasteiger partial charge in [-0.05, 0) is 38.5 Å². The molecule has 1 aromatic carbocycles. The smallest absolute Gasteiger partial charge is 0.207 e. The van der Waals surface area contributed by atoms with Gasteiger partial charge in [0.1, 0.15) is 10.7 Å². The Morgan fingerprint density at radius 1 is 1.39 bits per heavy atom. The van der Waals surface area contributed by atoms with Crippen molar-refractivity contribution in [2.45, 2.75) is 30.7 Å². The molecule has 0 atom stereocenters. The first-order chi connectivity index (χ1) is 8.18. The number of halogens is 3. The number of hydrogen-bond donors (Lipinski definition) is 1. The molecule has 0 aliphatic rings. The highest BCUT2D eigenvalue weighted by atomic mass is 35.5. The van der Waals surface area contributed by atoms with Crippen molar-refractivity contribution in [3.05, 3.63) is 29.0 Å². The summed E-state index contributed by atoms with van der Waals surface area (Å²) in [6.45, 7) is 3.39. The number of benzene rings is 1. The average molecular weight is 314 g/mol. The van der Waals surface area contributed by atoms with E-state index in [2.05, 4.69) is 4.72 Å². The molecule has 1 rings (SSSR count). The van der Waals surface area contributed by atoms with Crippen LogP contribution in [0.25, 0.3) is 0 Å². The summed E-state index contributed by atoms with van der Waals surface area (Å²) in [5.74, 6) is -0.346. The molecule has 0 heterocycles. The third kappa shape index (κ3) is 4.09. The van der Waals surface area contributed by atoms with E-state index in [1.165, 1.54) is 6.07 Å². The monoisotopic (exact) mass is 313 g/mol. The van der Waals surface area contributed by atoms with E-state index in [0.717, 1.165) is 12.1 Å². The van der Waals surface area contributed by atoms with Gasteiger partial charge in [-0.15, -0.1) is 11.6 Å². The van der Waals surface area contributed by atoms with Gasteiger partial charge in [0.2, 0.25) is 10.0 Å². The molecule has 0 aliphatic carbocycles.